The van der Waals surface area contributed by atoms with Crippen molar-refractivity contribution in [3.63, 3.8) is 0 Å². The Morgan fingerprint density at radius 2 is 1.93 bits per heavy atom. The van der Waals surface area contributed by atoms with Gasteiger partial charge in [-0.3, -0.25) is 9.59 Å². The quantitative estimate of drug-likeness (QED) is 0.757. The zero-order valence-corrected chi connectivity index (χ0v) is 16.8. The summed E-state index contributed by atoms with van der Waals surface area (Å²) in [5.74, 6) is 0.843. The molecule has 1 aliphatic heterocycles. The molecule has 0 spiro atoms. The Morgan fingerprint density at radius 1 is 1.17 bits per heavy atom. The Balaban J connectivity index is 1.57. The van der Waals surface area contributed by atoms with Gasteiger partial charge in [0.2, 0.25) is 0 Å². The van der Waals surface area contributed by atoms with Crippen LogP contribution in [0.5, 0.6) is 5.75 Å². The van der Waals surface area contributed by atoms with E-state index in [-0.39, 0.29) is 18.4 Å². The highest BCUT2D eigenvalue weighted by Crippen LogP contribution is 2.18. The second-order valence-electron chi connectivity index (χ2n) is 6.88. The lowest BCUT2D eigenvalue weighted by Gasteiger charge is -2.27. The van der Waals surface area contributed by atoms with Crippen LogP contribution in [0.25, 0.3) is 0 Å². The number of ether oxygens (including phenoxy) is 2. The van der Waals surface area contributed by atoms with Crippen molar-refractivity contribution in [3.8, 4) is 5.75 Å². The molecule has 0 aliphatic carbocycles. The molecular weight excluding hydrogens is 372 g/mol. The molecule has 29 heavy (non-hydrogen) atoms. The average Bonchev–Trinajstić information content (AvgIpc) is 2.77. The number of amides is 2. The molecule has 154 valence electrons. The molecule has 1 aromatic carbocycles. The standard InChI is InChI=1S/C21H26N4O4/c1-24(2)20(26)15-29-18-6-4-3-5-17(18)21(27)23-14-16-7-8-19(22-13-16)25-9-11-28-12-10-25/h3-8,13H,9-12,14-15H2,1-2H3,(H,23,27). The number of nitrogens with one attached hydrogen (secondary N) is 1. The SMILES string of the molecule is CN(C)C(=O)COc1ccccc1C(=O)NCc1ccc(N2CCOCC2)nc1. The van der Waals surface area contributed by atoms with Crippen molar-refractivity contribution in [1.29, 1.82) is 0 Å². The number of hydrogen-bond acceptors (Lipinski definition) is 6. The van der Waals surface area contributed by atoms with Crippen LogP contribution < -0.4 is 15.0 Å². The van der Waals surface area contributed by atoms with Crippen molar-refractivity contribution in [1.82, 2.24) is 15.2 Å². The van der Waals surface area contributed by atoms with Crippen molar-refractivity contribution in [2.24, 2.45) is 0 Å². The van der Waals surface area contributed by atoms with Crippen LogP contribution in [0.15, 0.2) is 42.6 Å². The van der Waals surface area contributed by atoms with Gasteiger partial charge in [0.25, 0.3) is 11.8 Å². The van der Waals surface area contributed by atoms with Gasteiger partial charge in [-0.2, -0.15) is 0 Å². The first-order valence-electron chi connectivity index (χ1n) is 9.52. The Morgan fingerprint density at radius 3 is 2.62 bits per heavy atom. The van der Waals surface area contributed by atoms with Crippen LogP contribution in [0.1, 0.15) is 15.9 Å². The van der Waals surface area contributed by atoms with Gasteiger partial charge < -0.3 is 24.6 Å². The number of pyridine rings is 1. The Hall–Kier alpha value is -3.13. The summed E-state index contributed by atoms with van der Waals surface area (Å²) in [5, 5.41) is 2.88. The van der Waals surface area contributed by atoms with Gasteiger partial charge in [-0.15, -0.1) is 0 Å². The molecule has 0 atom stereocenters. The summed E-state index contributed by atoms with van der Waals surface area (Å²) in [6, 6.07) is 10.8. The van der Waals surface area contributed by atoms with E-state index in [1.54, 1.807) is 44.6 Å². The maximum absolute atomic E-state index is 12.6. The first-order valence-corrected chi connectivity index (χ1v) is 9.52. The number of carbonyl (C=O) groups excluding carboxylic acids is 2. The van der Waals surface area contributed by atoms with E-state index in [0.29, 0.717) is 31.1 Å². The van der Waals surface area contributed by atoms with Crippen molar-refractivity contribution in [3.05, 3.63) is 53.7 Å². The normalized spacial score (nSPS) is 13.7. The number of carbonyl (C=O) groups is 2. The van der Waals surface area contributed by atoms with Crippen LogP contribution in [-0.2, 0) is 16.1 Å². The second-order valence-corrected chi connectivity index (χ2v) is 6.88. The fourth-order valence-electron chi connectivity index (χ4n) is 2.83. The number of likely N-dealkylation sites (N-methyl/N-ethyl adjacent to an activating group) is 1. The predicted molar refractivity (Wildman–Crippen MR) is 109 cm³/mol. The number of anilines is 1. The maximum Gasteiger partial charge on any atom is 0.259 e. The van der Waals surface area contributed by atoms with Crippen LogP contribution in [0.4, 0.5) is 5.82 Å². The summed E-state index contributed by atoms with van der Waals surface area (Å²) in [6.45, 7) is 3.30. The molecule has 1 N–H and O–H groups in total. The molecule has 0 bridgehead atoms. The van der Waals surface area contributed by atoms with Crippen molar-refractivity contribution < 1.29 is 19.1 Å². The lowest BCUT2D eigenvalue weighted by molar-refractivity contribution is -0.130. The van der Waals surface area contributed by atoms with Crippen LogP contribution in [0.2, 0.25) is 0 Å². The number of benzene rings is 1. The lowest BCUT2D eigenvalue weighted by atomic mass is 10.2. The minimum atomic E-state index is -0.268. The molecule has 1 aromatic heterocycles. The summed E-state index contributed by atoms with van der Waals surface area (Å²) < 4.78 is 10.9. The van der Waals surface area contributed by atoms with Crippen molar-refractivity contribution >= 4 is 17.6 Å². The molecule has 1 fully saturated rings. The minimum absolute atomic E-state index is 0.121. The average molecular weight is 398 g/mol. The predicted octanol–water partition coefficient (Wildman–Crippen LogP) is 1.32. The molecular formula is C21H26N4O4. The van der Waals surface area contributed by atoms with Gasteiger partial charge in [-0.1, -0.05) is 18.2 Å². The van der Waals surface area contributed by atoms with Gasteiger partial charge >= 0.3 is 0 Å². The molecule has 2 heterocycles. The molecule has 2 amide bonds. The van der Waals surface area contributed by atoms with Crippen LogP contribution >= 0.6 is 0 Å². The van der Waals surface area contributed by atoms with Gasteiger partial charge in [0.15, 0.2) is 6.61 Å². The molecule has 1 saturated heterocycles. The molecule has 2 aromatic rings. The van der Waals surface area contributed by atoms with E-state index in [1.165, 1.54) is 4.90 Å². The minimum Gasteiger partial charge on any atom is -0.483 e. The monoisotopic (exact) mass is 398 g/mol. The number of hydrogen-bond donors (Lipinski definition) is 1. The largest absolute Gasteiger partial charge is 0.483 e. The molecule has 0 radical (unpaired) electrons. The van der Waals surface area contributed by atoms with Crippen LogP contribution in [0.3, 0.4) is 0 Å². The third-order valence-corrected chi connectivity index (χ3v) is 4.58. The molecule has 1 aliphatic rings. The van der Waals surface area contributed by atoms with Gasteiger partial charge in [0.05, 0.1) is 18.8 Å². The number of morpholine rings is 1. The second kappa shape index (κ2) is 9.88. The highest BCUT2D eigenvalue weighted by molar-refractivity contribution is 5.97. The van der Waals surface area contributed by atoms with Crippen LogP contribution in [-0.4, -0.2) is 68.7 Å². The Bertz CT molecular complexity index is 833. The third kappa shape index (κ3) is 5.68. The van der Waals surface area contributed by atoms with Gasteiger partial charge in [0, 0.05) is 39.9 Å². The fourth-order valence-corrected chi connectivity index (χ4v) is 2.83. The summed E-state index contributed by atoms with van der Waals surface area (Å²) in [4.78, 5) is 32.4. The molecule has 3 rings (SSSR count). The van der Waals surface area contributed by atoms with E-state index in [9.17, 15) is 9.59 Å². The maximum atomic E-state index is 12.6. The van der Waals surface area contributed by atoms with Crippen LogP contribution in [0, 0.1) is 0 Å². The van der Waals surface area contributed by atoms with Gasteiger partial charge in [-0.05, 0) is 23.8 Å². The number of nitrogens with zero attached hydrogens (tertiary/aromatic N) is 3. The van der Waals surface area contributed by atoms with E-state index in [0.717, 1.165) is 24.5 Å². The molecule has 8 heteroatoms. The van der Waals surface area contributed by atoms with E-state index >= 15 is 0 Å². The highest BCUT2D eigenvalue weighted by atomic mass is 16.5. The summed E-state index contributed by atoms with van der Waals surface area (Å²) >= 11 is 0. The zero-order valence-electron chi connectivity index (χ0n) is 16.8. The van der Waals surface area contributed by atoms with E-state index in [2.05, 4.69) is 15.2 Å². The molecule has 0 unspecified atom stereocenters. The van der Waals surface area contributed by atoms with Crippen molar-refractivity contribution in [2.75, 3.05) is 51.9 Å². The van der Waals surface area contributed by atoms with E-state index in [4.69, 9.17) is 9.47 Å². The Labute approximate surface area is 170 Å². The summed E-state index contributed by atoms with van der Waals surface area (Å²) in [7, 11) is 3.31. The number of rotatable bonds is 7. The third-order valence-electron chi connectivity index (χ3n) is 4.58. The first kappa shape index (κ1) is 20.6. The fraction of sp³-hybridized carbons (Fsp3) is 0.381. The number of aromatic nitrogens is 1. The summed E-state index contributed by atoms with van der Waals surface area (Å²) in [5.41, 5.74) is 1.29. The summed E-state index contributed by atoms with van der Waals surface area (Å²) in [6.07, 6.45) is 1.77. The number of para-hydroxylation sites is 1. The van der Waals surface area contributed by atoms with Gasteiger partial charge in [0.1, 0.15) is 11.6 Å². The topological polar surface area (TPSA) is 84.0 Å². The highest BCUT2D eigenvalue weighted by Gasteiger charge is 2.15. The lowest BCUT2D eigenvalue weighted by Crippen LogP contribution is -2.36. The zero-order chi connectivity index (χ0) is 20.6. The first-order chi connectivity index (χ1) is 14.0. The van der Waals surface area contributed by atoms with Gasteiger partial charge in [-0.25, -0.2) is 4.98 Å². The van der Waals surface area contributed by atoms with E-state index in [1.807, 2.05) is 12.1 Å². The molecule has 0 saturated carbocycles. The Kier molecular flexibility index (Phi) is 7.02. The van der Waals surface area contributed by atoms with Crippen molar-refractivity contribution in [2.45, 2.75) is 6.54 Å². The smallest absolute Gasteiger partial charge is 0.259 e. The molecule has 8 nitrogen and oxygen atoms in total. The van der Waals surface area contributed by atoms with E-state index < -0.39 is 0 Å².